The van der Waals surface area contributed by atoms with Gasteiger partial charge in [-0.2, -0.15) is 0 Å². The van der Waals surface area contributed by atoms with Gasteiger partial charge in [0, 0.05) is 18.6 Å². The van der Waals surface area contributed by atoms with Gasteiger partial charge >= 0.3 is 11.9 Å². The molecule has 0 atom stereocenters. The summed E-state index contributed by atoms with van der Waals surface area (Å²) in [5, 5.41) is 0.462. The molecule has 0 aliphatic heterocycles. The summed E-state index contributed by atoms with van der Waals surface area (Å²) >= 11 is 1.03. The molecule has 0 aromatic carbocycles. The van der Waals surface area contributed by atoms with Crippen LogP contribution in [0, 0.1) is 0 Å². The van der Waals surface area contributed by atoms with E-state index in [1.165, 1.54) is 0 Å². The van der Waals surface area contributed by atoms with E-state index in [9.17, 15) is 9.59 Å². The molecule has 8 heteroatoms. The van der Waals surface area contributed by atoms with Gasteiger partial charge in [0.1, 0.15) is 21.1 Å². The molecule has 0 aliphatic rings. The zero-order valence-electron chi connectivity index (χ0n) is 13.3. The number of carbonyl (C=O) groups excluding carboxylic acids is 2. The van der Waals surface area contributed by atoms with Gasteiger partial charge in [0.25, 0.3) is 0 Å². The van der Waals surface area contributed by atoms with E-state index in [2.05, 4.69) is 9.98 Å². The third-order valence-corrected chi connectivity index (χ3v) is 3.84. The maximum atomic E-state index is 12.3. The fourth-order valence-corrected chi connectivity index (χ4v) is 2.80. The summed E-state index contributed by atoms with van der Waals surface area (Å²) in [4.78, 5) is 32.6. The number of pyridine rings is 1. The molecule has 2 N–H and O–H groups in total. The predicted octanol–water partition coefficient (Wildman–Crippen LogP) is 2.83. The van der Waals surface area contributed by atoms with Gasteiger partial charge in [0.2, 0.25) is 0 Å². The second-order valence-electron chi connectivity index (χ2n) is 4.50. The first-order chi connectivity index (χ1) is 11.6. The summed E-state index contributed by atoms with van der Waals surface area (Å²) in [6, 6.07) is 3.52. The van der Waals surface area contributed by atoms with Gasteiger partial charge in [-0.1, -0.05) is 11.3 Å². The van der Waals surface area contributed by atoms with Crippen molar-refractivity contribution >= 4 is 39.5 Å². The number of ether oxygens (including phenoxy) is 2. The third kappa shape index (κ3) is 3.96. The fraction of sp³-hybridized carbons (Fsp3) is 0.250. The van der Waals surface area contributed by atoms with Crippen LogP contribution in [-0.4, -0.2) is 36.4 Å². The number of aliphatic imine (C=N–C) groups is 1. The standard InChI is InChI=1S/C16H17N3O4S/c1-3-22-15(20)11-12(16(21)23-4-2)14(24-13(11)17)19-9-10-5-7-18-8-6-10/h5-9H,3-4,17H2,1-2H3. The summed E-state index contributed by atoms with van der Waals surface area (Å²) in [6.07, 6.45) is 4.81. The smallest absolute Gasteiger partial charge is 0.342 e. The van der Waals surface area contributed by atoms with Crippen LogP contribution in [0.3, 0.4) is 0 Å². The molecule has 0 radical (unpaired) electrons. The molecule has 126 valence electrons. The fourth-order valence-electron chi connectivity index (χ4n) is 1.91. The first-order valence-corrected chi connectivity index (χ1v) is 8.10. The highest BCUT2D eigenvalue weighted by Crippen LogP contribution is 2.38. The zero-order chi connectivity index (χ0) is 17.5. The summed E-state index contributed by atoms with van der Waals surface area (Å²) in [6.45, 7) is 3.70. The maximum Gasteiger partial charge on any atom is 0.342 e. The largest absolute Gasteiger partial charge is 0.462 e. The topological polar surface area (TPSA) is 104 Å². The average molecular weight is 347 g/mol. The second-order valence-corrected chi connectivity index (χ2v) is 5.53. The highest BCUT2D eigenvalue weighted by atomic mass is 32.1. The minimum atomic E-state index is -0.667. The summed E-state index contributed by atoms with van der Waals surface area (Å²) in [5.74, 6) is -1.32. The van der Waals surface area contributed by atoms with Gasteiger partial charge in [-0.3, -0.25) is 4.98 Å². The van der Waals surface area contributed by atoms with E-state index < -0.39 is 11.9 Å². The highest BCUT2D eigenvalue weighted by Gasteiger charge is 2.29. The second kappa shape index (κ2) is 8.21. The van der Waals surface area contributed by atoms with Gasteiger partial charge < -0.3 is 15.2 Å². The molecule has 0 bridgehead atoms. The van der Waals surface area contributed by atoms with Crippen molar-refractivity contribution in [1.29, 1.82) is 0 Å². The zero-order valence-corrected chi connectivity index (χ0v) is 14.1. The Balaban J connectivity index is 2.47. The normalized spacial score (nSPS) is 10.8. The first-order valence-electron chi connectivity index (χ1n) is 7.29. The van der Waals surface area contributed by atoms with Crippen molar-refractivity contribution in [1.82, 2.24) is 4.98 Å². The van der Waals surface area contributed by atoms with E-state index in [4.69, 9.17) is 15.2 Å². The molecular formula is C16H17N3O4S. The Morgan fingerprint density at radius 1 is 1.17 bits per heavy atom. The van der Waals surface area contributed by atoms with Crippen molar-refractivity contribution in [3.8, 4) is 0 Å². The molecule has 7 nitrogen and oxygen atoms in total. The van der Waals surface area contributed by atoms with Crippen LogP contribution in [0.2, 0.25) is 0 Å². The number of esters is 2. The summed E-state index contributed by atoms with van der Waals surface area (Å²) in [5.41, 5.74) is 6.73. The van der Waals surface area contributed by atoms with E-state index >= 15 is 0 Å². The Labute approximate surface area is 143 Å². The Morgan fingerprint density at radius 2 is 1.75 bits per heavy atom. The molecule has 2 heterocycles. The number of carbonyl (C=O) groups is 2. The lowest BCUT2D eigenvalue weighted by Gasteiger charge is -2.05. The van der Waals surface area contributed by atoms with Crippen molar-refractivity contribution < 1.29 is 19.1 Å². The predicted molar refractivity (Wildman–Crippen MR) is 92.1 cm³/mol. The number of aromatic nitrogens is 1. The van der Waals surface area contributed by atoms with Crippen LogP contribution in [0.1, 0.15) is 40.1 Å². The van der Waals surface area contributed by atoms with Crippen molar-refractivity contribution in [3.05, 3.63) is 41.2 Å². The molecule has 0 aliphatic carbocycles. The minimum absolute atomic E-state index is 0.00202. The van der Waals surface area contributed by atoms with Gasteiger partial charge in [-0.15, -0.1) is 0 Å². The lowest BCUT2D eigenvalue weighted by atomic mass is 10.1. The lowest BCUT2D eigenvalue weighted by molar-refractivity contribution is 0.0481. The van der Waals surface area contributed by atoms with E-state index in [-0.39, 0.29) is 29.3 Å². The van der Waals surface area contributed by atoms with Gasteiger partial charge in [-0.05, 0) is 31.5 Å². The number of nitrogens with two attached hydrogens (primary N) is 1. The molecule has 0 unspecified atom stereocenters. The van der Waals surface area contributed by atoms with Crippen molar-refractivity contribution in [3.63, 3.8) is 0 Å². The van der Waals surface area contributed by atoms with E-state index in [0.29, 0.717) is 5.00 Å². The number of thiophene rings is 1. The van der Waals surface area contributed by atoms with Gasteiger partial charge in [-0.25, -0.2) is 14.6 Å². The van der Waals surface area contributed by atoms with Crippen LogP contribution >= 0.6 is 11.3 Å². The summed E-state index contributed by atoms with van der Waals surface area (Å²) < 4.78 is 10.00. The Hall–Kier alpha value is -2.74. The number of hydrogen-bond donors (Lipinski definition) is 1. The molecule has 2 rings (SSSR count). The average Bonchev–Trinajstić information content (AvgIpc) is 2.91. The third-order valence-electron chi connectivity index (χ3n) is 2.91. The maximum absolute atomic E-state index is 12.3. The first kappa shape index (κ1) is 17.6. The number of anilines is 1. The number of nitrogens with zero attached hydrogens (tertiary/aromatic N) is 2. The van der Waals surface area contributed by atoms with Crippen molar-refractivity contribution in [2.45, 2.75) is 13.8 Å². The Morgan fingerprint density at radius 3 is 2.33 bits per heavy atom. The molecule has 0 saturated heterocycles. The quantitative estimate of drug-likeness (QED) is 0.636. The molecule has 0 fully saturated rings. The van der Waals surface area contributed by atoms with Gasteiger partial charge in [0.15, 0.2) is 0 Å². The number of rotatable bonds is 6. The molecule has 0 amide bonds. The number of hydrogen-bond acceptors (Lipinski definition) is 8. The van der Waals surface area contributed by atoms with Crippen molar-refractivity contribution in [2.24, 2.45) is 4.99 Å². The van der Waals surface area contributed by atoms with E-state index in [1.54, 1.807) is 44.6 Å². The molecule has 0 saturated carbocycles. The highest BCUT2D eigenvalue weighted by molar-refractivity contribution is 7.20. The van der Waals surface area contributed by atoms with Crippen LogP contribution in [0.4, 0.5) is 10.0 Å². The minimum Gasteiger partial charge on any atom is -0.462 e. The van der Waals surface area contributed by atoms with Crippen molar-refractivity contribution in [2.75, 3.05) is 18.9 Å². The Bertz CT molecular complexity index is 756. The van der Waals surface area contributed by atoms with E-state index in [1.807, 2.05) is 0 Å². The van der Waals surface area contributed by atoms with Crippen LogP contribution < -0.4 is 5.73 Å². The number of nitrogen functional groups attached to an aromatic ring is 1. The molecule has 2 aromatic heterocycles. The lowest BCUT2D eigenvalue weighted by Crippen LogP contribution is -2.13. The van der Waals surface area contributed by atoms with E-state index in [0.717, 1.165) is 16.9 Å². The SMILES string of the molecule is CCOC(=O)c1c(N)sc(N=Cc2ccncc2)c1C(=O)OCC. The van der Waals surface area contributed by atoms with Crippen LogP contribution in [0.5, 0.6) is 0 Å². The molecule has 2 aromatic rings. The van der Waals surface area contributed by atoms with Crippen LogP contribution in [0.25, 0.3) is 0 Å². The Kier molecular flexibility index (Phi) is 6.02. The van der Waals surface area contributed by atoms with Crippen LogP contribution in [0.15, 0.2) is 29.5 Å². The molecule has 0 spiro atoms. The summed E-state index contributed by atoms with van der Waals surface area (Å²) in [7, 11) is 0. The van der Waals surface area contributed by atoms with Crippen LogP contribution in [-0.2, 0) is 9.47 Å². The van der Waals surface area contributed by atoms with Gasteiger partial charge in [0.05, 0.1) is 13.2 Å². The molecular weight excluding hydrogens is 330 g/mol. The molecule has 24 heavy (non-hydrogen) atoms. The monoisotopic (exact) mass is 347 g/mol.